The lowest BCUT2D eigenvalue weighted by Gasteiger charge is -2.29. The molecule has 0 aliphatic carbocycles. The minimum atomic E-state index is -0.633. The Hall–Kier alpha value is -1.00. The summed E-state index contributed by atoms with van der Waals surface area (Å²) in [5, 5.41) is 3.26. The summed E-state index contributed by atoms with van der Waals surface area (Å²) in [5.41, 5.74) is 6.13. The second-order valence-electron chi connectivity index (χ2n) is 5.41. The van der Waals surface area contributed by atoms with Crippen LogP contribution in [0.15, 0.2) is 29.2 Å². The first-order valence-electron chi connectivity index (χ1n) is 6.60. The van der Waals surface area contributed by atoms with Gasteiger partial charge in [-0.3, -0.25) is 4.79 Å². The number of nitrogens with two attached hydrogens (primary N) is 1. The van der Waals surface area contributed by atoms with Crippen LogP contribution in [-0.4, -0.2) is 23.2 Å². The number of rotatable bonds is 7. The maximum Gasteiger partial charge on any atom is 0.237 e. The van der Waals surface area contributed by atoms with Crippen molar-refractivity contribution in [2.45, 2.75) is 50.6 Å². The molecule has 1 aromatic rings. The third kappa shape index (κ3) is 5.25. The summed E-state index contributed by atoms with van der Waals surface area (Å²) in [7, 11) is 0. The third-order valence-electron chi connectivity index (χ3n) is 3.04. The minimum absolute atomic E-state index is 0.238. The highest BCUT2D eigenvalue weighted by Crippen LogP contribution is 2.22. The fourth-order valence-corrected chi connectivity index (χ4v) is 2.99. The SMILES string of the molecule is Cc1ccc(SCCC(C)(NC(C)C)C(N)=O)cc1. The van der Waals surface area contributed by atoms with E-state index in [1.165, 1.54) is 10.5 Å². The molecule has 0 spiro atoms. The standard InChI is InChI=1S/C15H24N2OS/c1-11(2)17-15(4,14(16)18)9-10-19-13-7-5-12(3)6-8-13/h5-8,11,17H,9-10H2,1-4H3,(H2,16,18). The van der Waals surface area contributed by atoms with Crippen molar-refractivity contribution in [1.29, 1.82) is 0 Å². The smallest absolute Gasteiger partial charge is 0.237 e. The molecule has 0 aliphatic rings. The van der Waals surface area contributed by atoms with Gasteiger partial charge in [-0.05, 0) is 46.2 Å². The predicted molar refractivity (Wildman–Crippen MR) is 82.4 cm³/mol. The van der Waals surface area contributed by atoms with E-state index in [-0.39, 0.29) is 11.9 Å². The molecular weight excluding hydrogens is 256 g/mol. The average molecular weight is 280 g/mol. The second-order valence-corrected chi connectivity index (χ2v) is 6.58. The first kappa shape index (κ1) is 16.1. The highest BCUT2D eigenvalue weighted by atomic mass is 32.2. The molecule has 0 aliphatic heterocycles. The van der Waals surface area contributed by atoms with Gasteiger partial charge in [0, 0.05) is 16.7 Å². The molecule has 0 bridgehead atoms. The summed E-state index contributed by atoms with van der Waals surface area (Å²) >= 11 is 1.75. The fourth-order valence-electron chi connectivity index (χ4n) is 1.91. The maximum absolute atomic E-state index is 11.6. The normalized spacial score (nSPS) is 14.4. The molecule has 0 aromatic heterocycles. The number of hydrogen-bond donors (Lipinski definition) is 2. The largest absolute Gasteiger partial charge is 0.368 e. The highest BCUT2D eigenvalue weighted by molar-refractivity contribution is 7.99. The number of benzene rings is 1. The van der Waals surface area contributed by atoms with E-state index in [0.29, 0.717) is 0 Å². The van der Waals surface area contributed by atoms with Crippen molar-refractivity contribution in [3.05, 3.63) is 29.8 Å². The van der Waals surface area contributed by atoms with Crippen molar-refractivity contribution >= 4 is 17.7 Å². The number of aryl methyl sites for hydroxylation is 1. The zero-order valence-corrected chi connectivity index (χ0v) is 13.0. The first-order chi connectivity index (χ1) is 8.83. The van der Waals surface area contributed by atoms with Crippen LogP contribution in [0.5, 0.6) is 0 Å². The molecule has 0 fully saturated rings. The van der Waals surface area contributed by atoms with Crippen molar-refractivity contribution < 1.29 is 4.79 Å². The molecule has 106 valence electrons. The van der Waals surface area contributed by atoms with E-state index in [9.17, 15) is 4.79 Å². The second kappa shape index (κ2) is 6.96. The summed E-state index contributed by atoms with van der Waals surface area (Å²) in [6, 6.07) is 8.65. The van der Waals surface area contributed by atoms with Gasteiger partial charge in [-0.1, -0.05) is 17.7 Å². The number of hydrogen-bond acceptors (Lipinski definition) is 3. The Morgan fingerprint density at radius 2 is 1.95 bits per heavy atom. The van der Waals surface area contributed by atoms with Crippen LogP contribution in [0.4, 0.5) is 0 Å². The van der Waals surface area contributed by atoms with E-state index in [2.05, 4.69) is 36.5 Å². The van der Waals surface area contributed by atoms with Crippen LogP contribution in [0.2, 0.25) is 0 Å². The van der Waals surface area contributed by atoms with Gasteiger partial charge in [-0.25, -0.2) is 0 Å². The Bertz CT molecular complexity index is 417. The number of thioether (sulfide) groups is 1. The van der Waals surface area contributed by atoms with Crippen molar-refractivity contribution in [2.24, 2.45) is 5.73 Å². The Balaban J connectivity index is 2.53. The molecule has 1 atom stereocenters. The van der Waals surface area contributed by atoms with E-state index in [4.69, 9.17) is 5.73 Å². The fraction of sp³-hybridized carbons (Fsp3) is 0.533. The molecule has 0 saturated heterocycles. The zero-order valence-electron chi connectivity index (χ0n) is 12.2. The molecule has 1 amide bonds. The van der Waals surface area contributed by atoms with Crippen LogP contribution >= 0.6 is 11.8 Å². The molecule has 3 nitrogen and oxygen atoms in total. The Labute approximate surface area is 120 Å². The molecule has 0 saturated carbocycles. The van der Waals surface area contributed by atoms with Crippen LogP contribution in [0, 0.1) is 6.92 Å². The van der Waals surface area contributed by atoms with Gasteiger partial charge >= 0.3 is 0 Å². The molecule has 0 heterocycles. The van der Waals surface area contributed by atoms with Crippen molar-refractivity contribution in [3.63, 3.8) is 0 Å². The van der Waals surface area contributed by atoms with Crippen molar-refractivity contribution in [3.8, 4) is 0 Å². The van der Waals surface area contributed by atoms with Gasteiger partial charge in [-0.2, -0.15) is 0 Å². The van der Waals surface area contributed by atoms with Gasteiger partial charge in [0.25, 0.3) is 0 Å². The number of carbonyl (C=O) groups excluding carboxylic acids is 1. The Morgan fingerprint density at radius 1 is 1.37 bits per heavy atom. The molecule has 3 N–H and O–H groups in total. The molecular formula is C15H24N2OS. The van der Waals surface area contributed by atoms with Gasteiger partial charge < -0.3 is 11.1 Å². The van der Waals surface area contributed by atoms with E-state index in [1.54, 1.807) is 11.8 Å². The molecule has 1 aromatic carbocycles. The summed E-state index contributed by atoms with van der Waals surface area (Å²) in [6.07, 6.45) is 0.721. The van der Waals surface area contributed by atoms with E-state index >= 15 is 0 Å². The summed E-state index contributed by atoms with van der Waals surface area (Å²) in [6.45, 7) is 8.00. The quantitative estimate of drug-likeness (QED) is 0.755. The van der Waals surface area contributed by atoms with Gasteiger partial charge in [0.1, 0.15) is 0 Å². The van der Waals surface area contributed by atoms with Crippen LogP contribution < -0.4 is 11.1 Å². The van der Waals surface area contributed by atoms with Crippen LogP contribution in [-0.2, 0) is 4.79 Å². The summed E-state index contributed by atoms with van der Waals surface area (Å²) < 4.78 is 0. The molecule has 1 rings (SSSR count). The maximum atomic E-state index is 11.6. The molecule has 19 heavy (non-hydrogen) atoms. The van der Waals surface area contributed by atoms with Crippen LogP contribution in [0.3, 0.4) is 0 Å². The molecule has 1 unspecified atom stereocenters. The van der Waals surface area contributed by atoms with Crippen LogP contribution in [0.1, 0.15) is 32.8 Å². The van der Waals surface area contributed by atoms with Crippen LogP contribution in [0.25, 0.3) is 0 Å². The minimum Gasteiger partial charge on any atom is -0.368 e. The monoisotopic (exact) mass is 280 g/mol. The summed E-state index contributed by atoms with van der Waals surface area (Å²) in [4.78, 5) is 12.8. The van der Waals surface area contributed by atoms with Gasteiger partial charge in [0.05, 0.1) is 5.54 Å². The Morgan fingerprint density at radius 3 is 2.42 bits per heavy atom. The van der Waals surface area contributed by atoms with E-state index in [0.717, 1.165) is 12.2 Å². The van der Waals surface area contributed by atoms with Crippen molar-refractivity contribution in [2.75, 3.05) is 5.75 Å². The van der Waals surface area contributed by atoms with E-state index in [1.807, 2.05) is 20.8 Å². The topological polar surface area (TPSA) is 55.1 Å². The summed E-state index contributed by atoms with van der Waals surface area (Å²) in [5.74, 6) is 0.577. The Kier molecular flexibility index (Phi) is 5.88. The van der Waals surface area contributed by atoms with E-state index < -0.39 is 5.54 Å². The lowest BCUT2D eigenvalue weighted by Crippen LogP contribution is -2.55. The number of primary amides is 1. The lowest BCUT2D eigenvalue weighted by molar-refractivity contribution is -0.124. The predicted octanol–water partition coefficient (Wildman–Crippen LogP) is 2.72. The molecule has 4 heteroatoms. The number of amides is 1. The van der Waals surface area contributed by atoms with Crippen molar-refractivity contribution in [1.82, 2.24) is 5.32 Å². The zero-order chi connectivity index (χ0) is 14.5. The van der Waals surface area contributed by atoms with Gasteiger partial charge in [-0.15, -0.1) is 11.8 Å². The highest BCUT2D eigenvalue weighted by Gasteiger charge is 2.30. The van der Waals surface area contributed by atoms with Gasteiger partial charge in [0.15, 0.2) is 0 Å². The third-order valence-corrected chi connectivity index (χ3v) is 4.06. The number of nitrogens with one attached hydrogen (secondary N) is 1. The molecule has 0 radical (unpaired) electrons. The first-order valence-corrected chi connectivity index (χ1v) is 7.59. The lowest BCUT2D eigenvalue weighted by atomic mass is 9.97. The van der Waals surface area contributed by atoms with Gasteiger partial charge in [0.2, 0.25) is 5.91 Å². The average Bonchev–Trinajstić information content (AvgIpc) is 2.30. The number of carbonyl (C=O) groups is 1.